The van der Waals surface area contributed by atoms with Crippen molar-refractivity contribution in [2.45, 2.75) is 0 Å². The standard InChI is InChI=1S/C13H7ClFIO/c14-9-5-8(6-10(15)7-9)13(17)11-3-1-2-4-12(11)16/h1-7H. The van der Waals surface area contributed by atoms with Gasteiger partial charge in [0.25, 0.3) is 0 Å². The molecule has 1 nitrogen and oxygen atoms in total. The van der Waals surface area contributed by atoms with E-state index in [9.17, 15) is 9.18 Å². The quantitative estimate of drug-likeness (QED) is 0.576. The molecule has 0 saturated carbocycles. The molecule has 0 heterocycles. The van der Waals surface area contributed by atoms with Crippen LogP contribution in [0, 0.1) is 9.39 Å². The van der Waals surface area contributed by atoms with E-state index in [1.54, 1.807) is 12.1 Å². The van der Waals surface area contributed by atoms with E-state index >= 15 is 0 Å². The van der Waals surface area contributed by atoms with E-state index in [-0.39, 0.29) is 16.4 Å². The Morgan fingerprint density at radius 1 is 1.18 bits per heavy atom. The van der Waals surface area contributed by atoms with Crippen molar-refractivity contribution in [1.29, 1.82) is 0 Å². The van der Waals surface area contributed by atoms with Gasteiger partial charge in [0, 0.05) is 19.7 Å². The van der Waals surface area contributed by atoms with Crippen LogP contribution < -0.4 is 0 Å². The first-order valence-corrected chi connectivity index (χ1v) is 6.29. The summed E-state index contributed by atoms with van der Waals surface area (Å²) in [5.41, 5.74) is 0.814. The molecule has 2 rings (SSSR count). The van der Waals surface area contributed by atoms with Gasteiger partial charge in [0.2, 0.25) is 0 Å². The van der Waals surface area contributed by atoms with Crippen LogP contribution >= 0.6 is 34.2 Å². The molecule has 4 heteroatoms. The molecule has 0 fully saturated rings. The first-order valence-electron chi connectivity index (χ1n) is 4.83. The van der Waals surface area contributed by atoms with Crippen molar-refractivity contribution in [3.8, 4) is 0 Å². The Labute approximate surface area is 117 Å². The predicted octanol–water partition coefficient (Wildman–Crippen LogP) is 4.31. The minimum absolute atomic E-state index is 0.222. The maximum Gasteiger partial charge on any atom is 0.194 e. The van der Waals surface area contributed by atoms with Crippen LogP contribution in [0.1, 0.15) is 15.9 Å². The third-order valence-electron chi connectivity index (χ3n) is 2.24. The van der Waals surface area contributed by atoms with Crippen LogP contribution in [0.25, 0.3) is 0 Å². The average Bonchev–Trinajstić information content (AvgIpc) is 2.27. The van der Waals surface area contributed by atoms with E-state index in [1.807, 2.05) is 12.1 Å². The molecule has 86 valence electrons. The number of carbonyl (C=O) groups is 1. The summed E-state index contributed by atoms with van der Waals surface area (Å²) in [5, 5.41) is 0.222. The van der Waals surface area contributed by atoms with Gasteiger partial charge in [-0.05, 0) is 52.9 Å². The second-order valence-corrected chi connectivity index (χ2v) is 5.07. The first kappa shape index (κ1) is 12.5. The average molecular weight is 361 g/mol. The molecule has 0 aliphatic heterocycles. The number of benzene rings is 2. The van der Waals surface area contributed by atoms with Crippen LogP contribution in [0.2, 0.25) is 5.02 Å². The summed E-state index contributed by atoms with van der Waals surface area (Å²) >= 11 is 7.80. The topological polar surface area (TPSA) is 17.1 Å². The Morgan fingerprint density at radius 2 is 1.88 bits per heavy atom. The fourth-order valence-electron chi connectivity index (χ4n) is 1.49. The van der Waals surface area contributed by atoms with Gasteiger partial charge in [-0.3, -0.25) is 4.79 Å². The highest BCUT2D eigenvalue weighted by atomic mass is 127. The third-order valence-corrected chi connectivity index (χ3v) is 3.40. The molecular formula is C13H7ClFIO. The van der Waals surface area contributed by atoms with Crippen molar-refractivity contribution in [3.05, 3.63) is 68.0 Å². The van der Waals surface area contributed by atoms with Crippen LogP contribution in [-0.2, 0) is 0 Å². The predicted molar refractivity (Wildman–Crippen MR) is 74.0 cm³/mol. The van der Waals surface area contributed by atoms with Crippen molar-refractivity contribution < 1.29 is 9.18 Å². The van der Waals surface area contributed by atoms with E-state index in [0.717, 1.165) is 3.57 Å². The molecule has 0 radical (unpaired) electrons. The summed E-state index contributed by atoms with van der Waals surface area (Å²) in [5.74, 6) is -0.733. The summed E-state index contributed by atoms with van der Waals surface area (Å²) in [6.45, 7) is 0. The molecule has 0 bridgehead atoms. The summed E-state index contributed by atoms with van der Waals surface area (Å²) in [7, 11) is 0. The summed E-state index contributed by atoms with van der Waals surface area (Å²) in [4.78, 5) is 12.1. The molecule has 0 amide bonds. The fraction of sp³-hybridized carbons (Fsp3) is 0. The lowest BCUT2D eigenvalue weighted by Gasteiger charge is -2.04. The van der Waals surface area contributed by atoms with Crippen LogP contribution in [-0.4, -0.2) is 5.78 Å². The van der Waals surface area contributed by atoms with E-state index < -0.39 is 5.82 Å². The molecule has 0 saturated heterocycles. The summed E-state index contributed by atoms with van der Waals surface area (Å²) < 4.78 is 14.0. The minimum atomic E-state index is -0.508. The largest absolute Gasteiger partial charge is 0.289 e. The van der Waals surface area contributed by atoms with Crippen LogP contribution in [0.3, 0.4) is 0 Å². The van der Waals surface area contributed by atoms with Crippen molar-refractivity contribution >= 4 is 40.0 Å². The highest BCUT2D eigenvalue weighted by Gasteiger charge is 2.13. The summed E-state index contributed by atoms with van der Waals surface area (Å²) in [6.07, 6.45) is 0. The van der Waals surface area contributed by atoms with Crippen molar-refractivity contribution in [3.63, 3.8) is 0 Å². The lowest BCUT2D eigenvalue weighted by molar-refractivity contribution is 0.103. The zero-order valence-electron chi connectivity index (χ0n) is 8.58. The number of carbonyl (C=O) groups excluding carboxylic acids is 1. The Bertz CT molecular complexity index is 563. The van der Waals surface area contributed by atoms with E-state index in [0.29, 0.717) is 5.56 Å². The number of hydrogen-bond donors (Lipinski definition) is 0. The maximum absolute atomic E-state index is 13.2. The Balaban J connectivity index is 2.48. The number of rotatable bonds is 2. The molecule has 17 heavy (non-hydrogen) atoms. The van der Waals surface area contributed by atoms with E-state index in [2.05, 4.69) is 22.6 Å². The number of ketones is 1. The lowest BCUT2D eigenvalue weighted by Crippen LogP contribution is -2.04. The molecule has 0 N–H and O–H groups in total. The number of hydrogen-bond acceptors (Lipinski definition) is 1. The van der Waals surface area contributed by atoms with Gasteiger partial charge < -0.3 is 0 Å². The number of halogens is 3. The maximum atomic E-state index is 13.2. The minimum Gasteiger partial charge on any atom is -0.289 e. The second kappa shape index (κ2) is 5.14. The first-order chi connectivity index (χ1) is 8.08. The SMILES string of the molecule is O=C(c1cc(F)cc(Cl)c1)c1ccccc1I. The van der Waals surface area contributed by atoms with Gasteiger partial charge in [-0.25, -0.2) is 4.39 Å². The zero-order chi connectivity index (χ0) is 12.4. The van der Waals surface area contributed by atoms with Crippen LogP contribution in [0.4, 0.5) is 4.39 Å². The summed E-state index contributed by atoms with van der Waals surface area (Å²) in [6, 6.07) is 11.0. The van der Waals surface area contributed by atoms with Crippen molar-refractivity contribution in [2.75, 3.05) is 0 Å². The van der Waals surface area contributed by atoms with Gasteiger partial charge in [-0.15, -0.1) is 0 Å². The third kappa shape index (κ3) is 2.84. The molecule has 0 aliphatic carbocycles. The molecule has 2 aromatic rings. The molecular weight excluding hydrogens is 353 g/mol. The van der Waals surface area contributed by atoms with Gasteiger partial charge in [0.05, 0.1) is 0 Å². The van der Waals surface area contributed by atoms with Crippen LogP contribution in [0.5, 0.6) is 0 Å². The lowest BCUT2D eigenvalue weighted by atomic mass is 10.0. The van der Waals surface area contributed by atoms with Gasteiger partial charge in [0.1, 0.15) is 5.82 Å². The fourth-order valence-corrected chi connectivity index (χ4v) is 2.34. The van der Waals surface area contributed by atoms with E-state index in [1.165, 1.54) is 18.2 Å². The van der Waals surface area contributed by atoms with Gasteiger partial charge in [-0.1, -0.05) is 23.7 Å². The van der Waals surface area contributed by atoms with Gasteiger partial charge >= 0.3 is 0 Å². The highest BCUT2D eigenvalue weighted by Crippen LogP contribution is 2.20. The monoisotopic (exact) mass is 360 g/mol. The normalized spacial score (nSPS) is 10.3. The highest BCUT2D eigenvalue weighted by molar-refractivity contribution is 14.1. The molecule has 2 aromatic carbocycles. The van der Waals surface area contributed by atoms with Crippen molar-refractivity contribution in [1.82, 2.24) is 0 Å². The Hall–Kier alpha value is -0.940. The van der Waals surface area contributed by atoms with E-state index in [4.69, 9.17) is 11.6 Å². The van der Waals surface area contributed by atoms with Crippen LogP contribution in [0.15, 0.2) is 42.5 Å². The Morgan fingerprint density at radius 3 is 2.53 bits per heavy atom. The molecule has 0 unspecified atom stereocenters. The second-order valence-electron chi connectivity index (χ2n) is 3.47. The molecule has 0 aromatic heterocycles. The Kier molecular flexibility index (Phi) is 3.79. The zero-order valence-corrected chi connectivity index (χ0v) is 11.5. The van der Waals surface area contributed by atoms with Crippen molar-refractivity contribution in [2.24, 2.45) is 0 Å². The van der Waals surface area contributed by atoms with Gasteiger partial charge in [-0.2, -0.15) is 0 Å². The molecule has 0 spiro atoms. The molecule has 0 atom stereocenters. The smallest absolute Gasteiger partial charge is 0.194 e. The molecule has 0 aliphatic rings. The van der Waals surface area contributed by atoms with Gasteiger partial charge in [0.15, 0.2) is 5.78 Å².